The summed E-state index contributed by atoms with van der Waals surface area (Å²) in [4.78, 5) is 2.49. The van der Waals surface area contributed by atoms with Crippen LogP contribution in [0.5, 0.6) is 0 Å². The Morgan fingerprint density at radius 1 is 1.20 bits per heavy atom. The summed E-state index contributed by atoms with van der Waals surface area (Å²) in [5, 5.41) is 3.20. The first-order valence-electron chi connectivity index (χ1n) is 6.57. The number of nitrogens with one attached hydrogen (secondary N) is 1. The zero-order valence-corrected chi connectivity index (χ0v) is 11.2. The second-order valence-electron chi connectivity index (χ2n) is 4.64. The summed E-state index contributed by atoms with van der Waals surface area (Å²) in [5.41, 5.74) is 0. The normalized spacial score (nSPS) is 13.4. The minimum Gasteiger partial charge on any atom is -0.320 e. The molecule has 1 atom stereocenters. The minimum absolute atomic E-state index is 0.907. The summed E-state index contributed by atoms with van der Waals surface area (Å²) in [6.07, 6.45) is 6.72. The van der Waals surface area contributed by atoms with Crippen molar-refractivity contribution < 1.29 is 0 Å². The minimum atomic E-state index is 0.907. The number of unbranched alkanes of at least 4 members (excludes halogenated alkanes) is 1. The maximum Gasteiger partial charge on any atom is 0.000651 e. The topological polar surface area (TPSA) is 15.3 Å². The summed E-state index contributed by atoms with van der Waals surface area (Å²) >= 11 is 0. The molecule has 1 unspecified atom stereocenters. The molecular weight excluding hydrogens is 184 g/mol. The van der Waals surface area contributed by atoms with E-state index in [-0.39, 0.29) is 0 Å². The Kier molecular flexibility index (Phi) is 10.4. The maximum atomic E-state index is 3.20. The van der Waals surface area contributed by atoms with E-state index in [0.29, 0.717) is 0 Å². The predicted octanol–water partition coefficient (Wildman–Crippen LogP) is 2.74. The quantitative estimate of drug-likeness (QED) is 0.563. The van der Waals surface area contributed by atoms with E-state index in [4.69, 9.17) is 0 Å². The molecule has 0 aliphatic heterocycles. The van der Waals surface area contributed by atoms with Crippen LogP contribution in [-0.2, 0) is 0 Å². The van der Waals surface area contributed by atoms with Gasteiger partial charge in [0.25, 0.3) is 0 Å². The van der Waals surface area contributed by atoms with Crippen molar-refractivity contribution in [2.24, 2.45) is 5.92 Å². The zero-order chi connectivity index (χ0) is 11.5. The van der Waals surface area contributed by atoms with Crippen LogP contribution < -0.4 is 5.32 Å². The van der Waals surface area contributed by atoms with Crippen LogP contribution in [0.2, 0.25) is 0 Å². The molecule has 0 aliphatic carbocycles. The molecule has 92 valence electrons. The zero-order valence-electron chi connectivity index (χ0n) is 11.2. The molecule has 0 aliphatic rings. The van der Waals surface area contributed by atoms with Gasteiger partial charge in [-0.15, -0.1) is 0 Å². The third kappa shape index (κ3) is 8.88. The van der Waals surface area contributed by atoms with Crippen LogP contribution in [0.4, 0.5) is 0 Å². The summed E-state index contributed by atoms with van der Waals surface area (Å²) in [6.45, 7) is 8.24. The Morgan fingerprint density at radius 3 is 2.47 bits per heavy atom. The number of nitrogens with zero attached hydrogens (tertiary/aromatic N) is 1. The molecule has 1 N–H and O–H groups in total. The summed E-state index contributed by atoms with van der Waals surface area (Å²) < 4.78 is 0. The Labute approximate surface area is 96.4 Å². The van der Waals surface area contributed by atoms with Gasteiger partial charge in [-0.25, -0.2) is 0 Å². The van der Waals surface area contributed by atoms with Crippen LogP contribution in [0, 0.1) is 5.92 Å². The molecule has 15 heavy (non-hydrogen) atoms. The van der Waals surface area contributed by atoms with E-state index in [9.17, 15) is 0 Å². The molecule has 0 saturated heterocycles. The Balaban J connectivity index is 3.55. The summed E-state index contributed by atoms with van der Waals surface area (Å²) in [6, 6.07) is 0. The van der Waals surface area contributed by atoms with E-state index in [2.05, 4.69) is 31.1 Å². The molecule has 0 aromatic heterocycles. The molecule has 0 aromatic rings. The maximum absolute atomic E-state index is 3.20. The van der Waals surface area contributed by atoms with Crippen molar-refractivity contribution in [1.29, 1.82) is 0 Å². The predicted molar refractivity (Wildman–Crippen MR) is 69.3 cm³/mol. The van der Waals surface area contributed by atoms with Crippen molar-refractivity contribution in [3.8, 4) is 0 Å². The summed E-state index contributed by atoms with van der Waals surface area (Å²) in [5.74, 6) is 0.907. The van der Waals surface area contributed by atoms with Gasteiger partial charge in [0.05, 0.1) is 0 Å². The van der Waals surface area contributed by atoms with Gasteiger partial charge in [-0.3, -0.25) is 0 Å². The SMILES string of the molecule is CCCCC(CC)CN(C)CCCNC. The van der Waals surface area contributed by atoms with Gasteiger partial charge in [-0.05, 0) is 45.9 Å². The van der Waals surface area contributed by atoms with E-state index in [1.165, 1.54) is 45.2 Å². The monoisotopic (exact) mass is 214 g/mol. The molecule has 0 amide bonds. The van der Waals surface area contributed by atoms with E-state index in [1.807, 2.05) is 7.05 Å². The molecule has 2 nitrogen and oxygen atoms in total. The molecule has 0 bridgehead atoms. The lowest BCUT2D eigenvalue weighted by Crippen LogP contribution is -2.28. The molecule has 2 heteroatoms. The van der Waals surface area contributed by atoms with Crippen LogP contribution in [-0.4, -0.2) is 38.6 Å². The van der Waals surface area contributed by atoms with E-state index in [0.717, 1.165) is 12.5 Å². The fourth-order valence-electron chi connectivity index (χ4n) is 1.98. The average molecular weight is 214 g/mol. The van der Waals surface area contributed by atoms with E-state index in [1.54, 1.807) is 0 Å². The molecule has 0 rings (SSSR count). The summed E-state index contributed by atoms with van der Waals surface area (Å²) in [7, 11) is 4.28. The van der Waals surface area contributed by atoms with Gasteiger partial charge in [-0.2, -0.15) is 0 Å². The third-order valence-corrected chi connectivity index (χ3v) is 3.08. The highest BCUT2D eigenvalue weighted by atomic mass is 15.1. The molecule has 0 heterocycles. The first-order chi connectivity index (χ1) is 7.24. The van der Waals surface area contributed by atoms with E-state index < -0.39 is 0 Å². The molecule has 0 radical (unpaired) electrons. The molecule has 0 spiro atoms. The Morgan fingerprint density at radius 2 is 1.93 bits per heavy atom. The van der Waals surface area contributed by atoms with Gasteiger partial charge in [0.1, 0.15) is 0 Å². The Hall–Kier alpha value is -0.0800. The van der Waals surface area contributed by atoms with Gasteiger partial charge in [0, 0.05) is 6.54 Å². The van der Waals surface area contributed by atoms with Crippen molar-refractivity contribution in [3.05, 3.63) is 0 Å². The second-order valence-corrected chi connectivity index (χ2v) is 4.64. The highest BCUT2D eigenvalue weighted by molar-refractivity contribution is 4.63. The van der Waals surface area contributed by atoms with Crippen molar-refractivity contribution >= 4 is 0 Å². The van der Waals surface area contributed by atoms with Crippen molar-refractivity contribution in [2.45, 2.75) is 46.0 Å². The average Bonchev–Trinajstić information content (AvgIpc) is 2.24. The highest BCUT2D eigenvalue weighted by Crippen LogP contribution is 2.13. The van der Waals surface area contributed by atoms with Crippen LogP contribution >= 0.6 is 0 Å². The van der Waals surface area contributed by atoms with Crippen LogP contribution in [0.25, 0.3) is 0 Å². The fourth-order valence-corrected chi connectivity index (χ4v) is 1.98. The van der Waals surface area contributed by atoms with Gasteiger partial charge in [-0.1, -0.05) is 33.1 Å². The van der Waals surface area contributed by atoms with Gasteiger partial charge in [0.2, 0.25) is 0 Å². The van der Waals surface area contributed by atoms with Crippen LogP contribution in [0.15, 0.2) is 0 Å². The molecular formula is C13H30N2. The first-order valence-corrected chi connectivity index (χ1v) is 6.57. The fraction of sp³-hybridized carbons (Fsp3) is 1.00. The number of rotatable bonds is 10. The molecule has 0 saturated carbocycles. The van der Waals surface area contributed by atoms with Crippen LogP contribution in [0.1, 0.15) is 46.0 Å². The van der Waals surface area contributed by atoms with Gasteiger partial charge in [0.15, 0.2) is 0 Å². The van der Waals surface area contributed by atoms with Crippen molar-refractivity contribution in [1.82, 2.24) is 10.2 Å². The highest BCUT2D eigenvalue weighted by Gasteiger charge is 2.08. The largest absolute Gasteiger partial charge is 0.320 e. The third-order valence-electron chi connectivity index (χ3n) is 3.08. The molecule has 0 aromatic carbocycles. The standard InChI is InChI=1S/C13H30N2/c1-5-7-9-13(6-2)12-15(4)11-8-10-14-3/h13-14H,5-12H2,1-4H3. The lowest BCUT2D eigenvalue weighted by Gasteiger charge is -2.23. The first kappa shape index (κ1) is 14.9. The lowest BCUT2D eigenvalue weighted by atomic mass is 9.99. The van der Waals surface area contributed by atoms with E-state index >= 15 is 0 Å². The number of hydrogen-bond acceptors (Lipinski definition) is 2. The van der Waals surface area contributed by atoms with Gasteiger partial charge < -0.3 is 10.2 Å². The van der Waals surface area contributed by atoms with Crippen LogP contribution in [0.3, 0.4) is 0 Å². The smallest absolute Gasteiger partial charge is 0.000651 e. The lowest BCUT2D eigenvalue weighted by molar-refractivity contribution is 0.257. The Bertz CT molecular complexity index is 126. The van der Waals surface area contributed by atoms with Gasteiger partial charge >= 0.3 is 0 Å². The van der Waals surface area contributed by atoms with Crippen molar-refractivity contribution in [3.63, 3.8) is 0 Å². The molecule has 0 fully saturated rings. The number of hydrogen-bond donors (Lipinski definition) is 1. The van der Waals surface area contributed by atoms with Crippen molar-refractivity contribution in [2.75, 3.05) is 33.7 Å². The second kappa shape index (κ2) is 10.4.